The predicted octanol–water partition coefficient (Wildman–Crippen LogP) is 4.58. The van der Waals surface area contributed by atoms with Crippen LogP contribution in [0, 0.1) is 6.92 Å². The molecule has 2 aromatic rings. The standard InChI is InChI=1S/C16H16ClNO/c1-10-5-3-8-14-15(10)19-16(11(2)18-14)12-6-4-7-13(17)9-12/h3-9,11,16,18H,1-2H3. The van der Waals surface area contributed by atoms with Crippen LogP contribution in [0.2, 0.25) is 5.02 Å². The molecule has 1 aliphatic heterocycles. The molecule has 2 aromatic carbocycles. The van der Waals surface area contributed by atoms with E-state index in [-0.39, 0.29) is 12.1 Å². The van der Waals surface area contributed by atoms with Gasteiger partial charge in [-0.15, -0.1) is 0 Å². The molecule has 2 nitrogen and oxygen atoms in total. The molecule has 0 bridgehead atoms. The van der Waals surface area contributed by atoms with Crippen molar-refractivity contribution < 1.29 is 4.74 Å². The molecule has 2 atom stereocenters. The summed E-state index contributed by atoms with van der Waals surface area (Å²) in [6, 6.07) is 14.2. The summed E-state index contributed by atoms with van der Waals surface area (Å²) < 4.78 is 6.19. The molecule has 1 N–H and O–H groups in total. The number of hydrogen-bond donors (Lipinski definition) is 1. The first-order valence-corrected chi connectivity index (χ1v) is 6.81. The van der Waals surface area contributed by atoms with Crippen molar-refractivity contribution in [3.8, 4) is 5.75 Å². The third kappa shape index (κ3) is 2.28. The smallest absolute Gasteiger partial charge is 0.146 e. The maximum absolute atomic E-state index is 6.19. The molecule has 3 heteroatoms. The van der Waals surface area contributed by atoms with Gasteiger partial charge in [0, 0.05) is 5.02 Å². The van der Waals surface area contributed by atoms with E-state index in [2.05, 4.69) is 31.3 Å². The van der Waals surface area contributed by atoms with Crippen LogP contribution in [-0.2, 0) is 0 Å². The Hall–Kier alpha value is -1.67. The Bertz CT molecular complexity index is 611. The molecule has 0 saturated carbocycles. The Morgan fingerprint density at radius 2 is 1.95 bits per heavy atom. The Morgan fingerprint density at radius 1 is 1.16 bits per heavy atom. The molecule has 0 radical (unpaired) electrons. The van der Waals surface area contributed by atoms with E-state index < -0.39 is 0 Å². The molecular formula is C16H16ClNO. The second-order valence-electron chi connectivity index (χ2n) is 4.98. The van der Waals surface area contributed by atoms with Gasteiger partial charge in [0.1, 0.15) is 11.9 Å². The van der Waals surface area contributed by atoms with Crippen LogP contribution in [0.3, 0.4) is 0 Å². The average Bonchev–Trinajstić information content (AvgIpc) is 2.38. The van der Waals surface area contributed by atoms with Crippen LogP contribution in [-0.4, -0.2) is 6.04 Å². The lowest BCUT2D eigenvalue weighted by atomic mass is 10.0. The van der Waals surface area contributed by atoms with E-state index >= 15 is 0 Å². The van der Waals surface area contributed by atoms with E-state index in [0.717, 1.165) is 27.6 Å². The Balaban J connectivity index is 1.99. The Morgan fingerprint density at radius 3 is 2.74 bits per heavy atom. The van der Waals surface area contributed by atoms with Crippen LogP contribution < -0.4 is 10.1 Å². The molecule has 19 heavy (non-hydrogen) atoms. The zero-order valence-electron chi connectivity index (χ0n) is 11.0. The molecule has 0 aromatic heterocycles. The number of para-hydroxylation sites is 1. The van der Waals surface area contributed by atoms with Crippen molar-refractivity contribution in [1.82, 2.24) is 0 Å². The van der Waals surface area contributed by atoms with Gasteiger partial charge in [0.05, 0.1) is 11.7 Å². The molecule has 1 aliphatic rings. The third-order valence-electron chi connectivity index (χ3n) is 3.47. The third-order valence-corrected chi connectivity index (χ3v) is 3.71. The van der Waals surface area contributed by atoms with Gasteiger partial charge in [-0.25, -0.2) is 0 Å². The predicted molar refractivity (Wildman–Crippen MR) is 79.1 cm³/mol. The summed E-state index contributed by atoms with van der Waals surface area (Å²) in [5.41, 5.74) is 3.30. The van der Waals surface area contributed by atoms with Gasteiger partial charge in [-0.3, -0.25) is 0 Å². The molecule has 0 saturated heterocycles. The van der Waals surface area contributed by atoms with E-state index in [1.54, 1.807) is 0 Å². The van der Waals surface area contributed by atoms with Gasteiger partial charge in [-0.05, 0) is 43.2 Å². The first kappa shape index (κ1) is 12.4. The van der Waals surface area contributed by atoms with Gasteiger partial charge < -0.3 is 10.1 Å². The van der Waals surface area contributed by atoms with Crippen molar-refractivity contribution in [3.63, 3.8) is 0 Å². The van der Waals surface area contributed by atoms with Crippen molar-refractivity contribution in [2.75, 3.05) is 5.32 Å². The van der Waals surface area contributed by atoms with Crippen molar-refractivity contribution >= 4 is 17.3 Å². The van der Waals surface area contributed by atoms with E-state index in [4.69, 9.17) is 16.3 Å². The highest BCUT2D eigenvalue weighted by molar-refractivity contribution is 6.30. The second-order valence-corrected chi connectivity index (χ2v) is 5.41. The highest BCUT2D eigenvalue weighted by Gasteiger charge is 2.28. The lowest BCUT2D eigenvalue weighted by Crippen LogP contribution is -2.32. The summed E-state index contributed by atoms with van der Waals surface area (Å²) in [7, 11) is 0. The van der Waals surface area contributed by atoms with Gasteiger partial charge in [0.2, 0.25) is 0 Å². The number of hydrogen-bond acceptors (Lipinski definition) is 2. The van der Waals surface area contributed by atoms with Gasteiger partial charge in [0.15, 0.2) is 0 Å². The maximum Gasteiger partial charge on any atom is 0.146 e. The fourth-order valence-corrected chi connectivity index (χ4v) is 2.71. The summed E-state index contributed by atoms with van der Waals surface area (Å²) >= 11 is 6.07. The number of fused-ring (bicyclic) bond motifs is 1. The number of benzene rings is 2. The highest BCUT2D eigenvalue weighted by atomic mass is 35.5. The topological polar surface area (TPSA) is 21.3 Å². The van der Waals surface area contributed by atoms with Gasteiger partial charge in [-0.1, -0.05) is 35.9 Å². The lowest BCUT2D eigenvalue weighted by molar-refractivity contribution is 0.176. The normalized spacial score (nSPS) is 21.2. The second kappa shape index (κ2) is 4.78. The number of anilines is 1. The Labute approximate surface area is 118 Å². The molecular weight excluding hydrogens is 258 g/mol. The van der Waals surface area contributed by atoms with Gasteiger partial charge in [0.25, 0.3) is 0 Å². The first-order chi connectivity index (χ1) is 9.15. The van der Waals surface area contributed by atoms with Crippen molar-refractivity contribution in [1.29, 1.82) is 0 Å². The van der Waals surface area contributed by atoms with Crippen LogP contribution in [0.1, 0.15) is 24.2 Å². The molecule has 2 unspecified atom stereocenters. The van der Waals surface area contributed by atoms with E-state index in [1.165, 1.54) is 0 Å². The van der Waals surface area contributed by atoms with E-state index in [9.17, 15) is 0 Å². The van der Waals surface area contributed by atoms with Gasteiger partial charge >= 0.3 is 0 Å². The summed E-state index contributed by atoms with van der Waals surface area (Å²) in [5.74, 6) is 0.936. The lowest BCUT2D eigenvalue weighted by Gasteiger charge is -2.34. The van der Waals surface area contributed by atoms with Crippen LogP contribution in [0.4, 0.5) is 5.69 Å². The van der Waals surface area contributed by atoms with E-state index in [1.807, 2.05) is 30.3 Å². The molecule has 3 rings (SSSR count). The molecule has 98 valence electrons. The number of halogens is 1. The SMILES string of the molecule is Cc1cccc2c1OC(c1cccc(Cl)c1)C(C)N2. The molecule has 0 aliphatic carbocycles. The summed E-state index contributed by atoms with van der Waals surface area (Å²) in [5, 5.41) is 4.24. The molecule has 0 spiro atoms. The van der Waals surface area contributed by atoms with Crippen molar-refractivity contribution in [3.05, 3.63) is 58.6 Å². The van der Waals surface area contributed by atoms with Crippen LogP contribution in [0.5, 0.6) is 5.75 Å². The number of aryl methyl sites for hydroxylation is 1. The van der Waals surface area contributed by atoms with Crippen LogP contribution in [0.15, 0.2) is 42.5 Å². The van der Waals surface area contributed by atoms with Crippen LogP contribution in [0.25, 0.3) is 0 Å². The fraction of sp³-hybridized carbons (Fsp3) is 0.250. The molecule has 1 heterocycles. The zero-order valence-corrected chi connectivity index (χ0v) is 11.7. The minimum absolute atomic E-state index is 0.0210. The monoisotopic (exact) mass is 273 g/mol. The van der Waals surface area contributed by atoms with Gasteiger partial charge in [-0.2, -0.15) is 0 Å². The average molecular weight is 274 g/mol. The quantitative estimate of drug-likeness (QED) is 0.821. The first-order valence-electron chi connectivity index (χ1n) is 6.43. The number of nitrogens with one attached hydrogen (secondary N) is 1. The minimum atomic E-state index is -0.0210. The fourth-order valence-electron chi connectivity index (χ4n) is 2.51. The Kier molecular flexibility index (Phi) is 3.11. The molecule has 0 amide bonds. The van der Waals surface area contributed by atoms with Crippen LogP contribution >= 0.6 is 11.6 Å². The number of rotatable bonds is 1. The maximum atomic E-state index is 6.19. The zero-order chi connectivity index (χ0) is 13.4. The molecule has 0 fully saturated rings. The number of ether oxygens (including phenoxy) is 1. The minimum Gasteiger partial charge on any atom is -0.481 e. The highest BCUT2D eigenvalue weighted by Crippen LogP contribution is 2.39. The summed E-state index contributed by atoms with van der Waals surface area (Å²) in [6.45, 7) is 4.18. The van der Waals surface area contributed by atoms with Crippen molar-refractivity contribution in [2.24, 2.45) is 0 Å². The summed E-state index contributed by atoms with van der Waals surface area (Å²) in [6.07, 6.45) is -0.0210. The largest absolute Gasteiger partial charge is 0.481 e. The summed E-state index contributed by atoms with van der Waals surface area (Å²) in [4.78, 5) is 0. The van der Waals surface area contributed by atoms with Crippen molar-refractivity contribution in [2.45, 2.75) is 26.0 Å². The van der Waals surface area contributed by atoms with E-state index in [0.29, 0.717) is 0 Å².